The molecule has 0 saturated carbocycles. The lowest BCUT2D eigenvalue weighted by Crippen LogP contribution is -2.48. The summed E-state index contributed by atoms with van der Waals surface area (Å²) in [6.45, 7) is 4.63. The number of piperidine rings is 1. The fourth-order valence-electron chi connectivity index (χ4n) is 5.95. The predicted molar refractivity (Wildman–Crippen MR) is 162 cm³/mol. The minimum Gasteiger partial charge on any atom is -0.488 e. The van der Waals surface area contributed by atoms with Crippen LogP contribution in [0.15, 0.2) is 58.2 Å². The molecule has 4 aromatic rings. The van der Waals surface area contributed by atoms with Crippen LogP contribution in [-0.2, 0) is 13.1 Å². The molecular formula is C30H30BrFN6O5. The van der Waals surface area contributed by atoms with Crippen molar-refractivity contribution in [3.8, 4) is 11.6 Å². The van der Waals surface area contributed by atoms with Crippen molar-refractivity contribution in [2.24, 2.45) is 0 Å². The van der Waals surface area contributed by atoms with Crippen LogP contribution in [0.1, 0.15) is 36.9 Å². The van der Waals surface area contributed by atoms with Crippen molar-refractivity contribution < 1.29 is 18.8 Å². The number of halogens is 2. The Morgan fingerprint density at radius 3 is 2.84 bits per heavy atom. The third-order valence-electron chi connectivity index (χ3n) is 8.15. The number of ether oxygens (including phenoxy) is 2. The maximum atomic E-state index is 14.9. The highest BCUT2D eigenvalue weighted by molar-refractivity contribution is 9.10. The van der Waals surface area contributed by atoms with Crippen LogP contribution in [0.5, 0.6) is 11.6 Å². The number of hydrogen-bond donors (Lipinski definition) is 0. The molecule has 2 aliphatic rings. The summed E-state index contributed by atoms with van der Waals surface area (Å²) >= 11 is 3.29. The second-order valence-corrected chi connectivity index (χ2v) is 11.7. The molecule has 3 aromatic heterocycles. The van der Waals surface area contributed by atoms with E-state index in [0.29, 0.717) is 49.0 Å². The molecule has 0 amide bonds. The topological polar surface area (TPSA) is 116 Å². The van der Waals surface area contributed by atoms with E-state index in [9.17, 15) is 19.3 Å². The monoisotopic (exact) mass is 652 g/mol. The first-order chi connectivity index (χ1) is 20.7. The number of rotatable bonds is 8. The zero-order valence-corrected chi connectivity index (χ0v) is 25.3. The summed E-state index contributed by atoms with van der Waals surface area (Å²) in [7, 11) is 1.57. The van der Waals surface area contributed by atoms with Crippen molar-refractivity contribution in [2.75, 3.05) is 31.7 Å². The van der Waals surface area contributed by atoms with E-state index in [-0.39, 0.29) is 33.2 Å². The van der Waals surface area contributed by atoms with E-state index in [1.54, 1.807) is 19.4 Å². The summed E-state index contributed by atoms with van der Waals surface area (Å²) in [6, 6.07) is 8.21. The van der Waals surface area contributed by atoms with Crippen LogP contribution in [0, 0.1) is 15.9 Å². The first kappa shape index (κ1) is 29.0. The first-order valence-corrected chi connectivity index (χ1v) is 14.8. The highest BCUT2D eigenvalue weighted by atomic mass is 79.9. The van der Waals surface area contributed by atoms with Crippen molar-refractivity contribution in [1.82, 2.24) is 19.4 Å². The number of pyridine rings is 3. The molecule has 224 valence electrons. The van der Waals surface area contributed by atoms with Gasteiger partial charge < -0.3 is 29.1 Å². The Hall–Kier alpha value is -4.10. The van der Waals surface area contributed by atoms with Gasteiger partial charge in [-0.2, -0.15) is 0 Å². The lowest BCUT2D eigenvalue weighted by Gasteiger charge is -2.40. The van der Waals surface area contributed by atoms with Gasteiger partial charge >= 0.3 is 5.82 Å². The van der Waals surface area contributed by atoms with Crippen LogP contribution in [0.2, 0.25) is 0 Å². The molecule has 1 fully saturated rings. The molecule has 6 rings (SSSR count). The van der Waals surface area contributed by atoms with Gasteiger partial charge in [0.25, 0.3) is 0 Å². The summed E-state index contributed by atoms with van der Waals surface area (Å²) in [5, 5.41) is 11.4. The Balaban J connectivity index is 1.38. The summed E-state index contributed by atoms with van der Waals surface area (Å²) in [6.07, 6.45) is 6.88. The van der Waals surface area contributed by atoms with Gasteiger partial charge in [-0.3, -0.25) is 9.69 Å². The minimum atomic E-state index is -0.543. The zero-order chi connectivity index (χ0) is 30.2. The van der Waals surface area contributed by atoms with Gasteiger partial charge in [0.2, 0.25) is 5.88 Å². The van der Waals surface area contributed by atoms with E-state index in [1.807, 2.05) is 29.8 Å². The van der Waals surface area contributed by atoms with E-state index in [0.717, 1.165) is 30.6 Å². The Kier molecular flexibility index (Phi) is 8.01. The molecular weight excluding hydrogens is 623 g/mol. The molecule has 1 aromatic carbocycles. The first-order valence-electron chi connectivity index (χ1n) is 14.0. The molecule has 0 bridgehead atoms. The summed E-state index contributed by atoms with van der Waals surface area (Å²) in [5.41, 5.74) is 2.69. The largest absolute Gasteiger partial charge is 0.488 e. The Labute approximate surface area is 255 Å². The number of benzene rings is 1. The maximum Gasteiger partial charge on any atom is 0.363 e. The normalized spacial score (nSPS) is 18.1. The van der Waals surface area contributed by atoms with Crippen molar-refractivity contribution in [2.45, 2.75) is 44.9 Å². The molecule has 0 spiro atoms. The molecule has 5 heterocycles. The van der Waals surface area contributed by atoms with Crippen molar-refractivity contribution in [3.05, 3.63) is 90.7 Å². The van der Waals surface area contributed by atoms with Crippen molar-refractivity contribution in [3.63, 3.8) is 0 Å². The number of methoxy groups -OCH3 is 1. The van der Waals surface area contributed by atoms with Gasteiger partial charge in [-0.25, -0.2) is 9.37 Å². The van der Waals surface area contributed by atoms with Gasteiger partial charge in [-0.1, -0.05) is 0 Å². The minimum absolute atomic E-state index is 0.0394. The van der Waals surface area contributed by atoms with Crippen LogP contribution < -0.4 is 19.8 Å². The Morgan fingerprint density at radius 2 is 2.09 bits per heavy atom. The quantitative estimate of drug-likeness (QED) is 0.186. The highest BCUT2D eigenvalue weighted by Crippen LogP contribution is 2.39. The molecule has 0 N–H and O–H groups in total. The SMILES string of the molecule is COc1cc(CN(Cc2cn3c4c(c(Br)c(F)cc4c2=O)OCC3C)[C@H]2CCCN(c3ccc([N+](=O)[O-])nc3)C2)ccn1. The fourth-order valence-corrected chi connectivity index (χ4v) is 6.37. The summed E-state index contributed by atoms with van der Waals surface area (Å²) in [5.74, 6) is 0.102. The summed E-state index contributed by atoms with van der Waals surface area (Å²) < 4.78 is 28.3. The number of nitro groups is 1. The standard InChI is InChI=1S/C30H30BrFN6O5/c1-18-17-43-30-27(31)24(32)11-23-28(30)37(18)15-20(29(23)39)14-36(13-19-7-8-33-26(10-19)42-2)22-4-3-9-35(16-22)21-5-6-25(34-12-21)38(40)41/h5-8,10-12,15,18,22H,3-4,9,13-14,16-17H2,1-2H3/t18?,22-/m0/s1. The fraction of sp³-hybridized carbons (Fsp3) is 0.367. The Bertz CT molecular complexity index is 1750. The van der Waals surface area contributed by atoms with E-state index in [1.165, 1.54) is 18.3 Å². The molecule has 11 nitrogen and oxygen atoms in total. The van der Waals surface area contributed by atoms with Gasteiger partial charge in [-0.15, -0.1) is 0 Å². The van der Waals surface area contributed by atoms with Gasteiger partial charge in [0.15, 0.2) is 17.4 Å². The molecule has 1 unspecified atom stereocenters. The Morgan fingerprint density at radius 1 is 1.26 bits per heavy atom. The van der Waals surface area contributed by atoms with Crippen molar-refractivity contribution >= 4 is 38.3 Å². The van der Waals surface area contributed by atoms with Crippen LogP contribution in [0.3, 0.4) is 0 Å². The maximum absolute atomic E-state index is 14.9. The smallest absolute Gasteiger partial charge is 0.363 e. The van der Waals surface area contributed by atoms with Gasteiger partial charge in [0, 0.05) is 62.3 Å². The second kappa shape index (κ2) is 11.9. The van der Waals surface area contributed by atoms with E-state index in [2.05, 4.69) is 35.7 Å². The third-order valence-corrected chi connectivity index (χ3v) is 8.89. The van der Waals surface area contributed by atoms with E-state index >= 15 is 0 Å². The lowest BCUT2D eigenvalue weighted by atomic mass is 10.0. The highest BCUT2D eigenvalue weighted by Gasteiger charge is 2.30. The van der Waals surface area contributed by atoms with Crippen molar-refractivity contribution in [1.29, 1.82) is 0 Å². The molecule has 2 aliphatic heterocycles. The van der Waals surface area contributed by atoms with Gasteiger partial charge in [0.05, 0.1) is 34.2 Å². The number of nitrogens with zero attached hydrogens (tertiary/aromatic N) is 6. The average molecular weight is 654 g/mol. The molecule has 0 aliphatic carbocycles. The van der Waals surface area contributed by atoms with Crippen LogP contribution in [0.25, 0.3) is 10.9 Å². The molecule has 2 atom stereocenters. The van der Waals surface area contributed by atoms with E-state index in [4.69, 9.17) is 9.47 Å². The number of aromatic nitrogens is 3. The lowest BCUT2D eigenvalue weighted by molar-refractivity contribution is -0.389. The number of anilines is 1. The number of hydrogen-bond acceptors (Lipinski definition) is 9. The predicted octanol–water partition coefficient (Wildman–Crippen LogP) is 5.23. The van der Waals surface area contributed by atoms with Crippen LogP contribution >= 0.6 is 15.9 Å². The van der Waals surface area contributed by atoms with Crippen LogP contribution in [-0.4, -0.2) is 57.2 Å². The molecule has 13 heteroatoms. The average Bonchev–Trinajstić information content (AvgIpc) is 3.02. The summed E-state index contributed by atoms with van der Waals surface area (Å²) in [4.78, 5) is 37.2. The van der Waals surface area contributed by atoms with Gasteiger partial charge in [0.1, 0.15) is 12.4 Å². The molecule has 0 radical (unpaired) electrons. The van der Waals surface area contributed by atoms with Crippen LogP contribution in [0.4, 0.5) is 15.9 Å². The molecule has 1 saturated heterocycles. The zero-order valence-electron chi connectivity index (χ0n) is 23.7. The van der Waals surface area contributed by atoms with E-state index < -0.39 is 10.7 Å². The second-order valence-electron chi connectivity index (χ2n) is 10.9. The molecule has 43 heavy (non-hydrogen) atoms. The third kappa shape index (κ3) is 5.66. The van der Waals surface area contributed by atoms with Gasteiger partial charge in [-0.05, 0) is 69.4 Å².